The summed E-state index contributed by atoms with van der Waals surface area (Å²) in [6, 6.07) is -0.530. The van der Waals surface area contributed by atoms with E-state index in [1.165, 1.54) is 20.3 Å². The topological polar surface area (TPSA) is 86.7 Å². The first-order valence-corrected chi connectivity index (χ1v) is 7.93. The molecule has 0 bridgehead atoms. The average molecular weight is 323 g/mol. The zero-order valence-electron chi connectivity index (χ0n) is 14.8. The molecule has 0 saturated carbocycles. The second-order valence-electron chi connectivity index (χ2n) is 8.04. The van der Waals surface area contributed by atoms with Crippen LogP contribution < -0.4 is 5.32 Å². The van der Waals surface area contributed by atoms with Crippen molar-refractivity contribution in [2.75, 3.05) is 14.1 Å². The molecule has 0 radical (unpaired) electrons. The van der Waals surface area contributed by atoms with E-state index < -0.39 is 23.8 Å². The fourth-order valence-corrected chi connectivity index (χ4v) is 3.84. The smallest absolute Gasteiger partial charge is 0.332 e. The van der Waals surface area contributed by atoms with Crippen molar-refractivity contribution in [1.29, 1.82) is 0 Å². The van der Waals surface area contributed by atoms with Crippen LogP contribution in [0, 0.1) is 5.92 Å². The predicted molar refractivity (Wildman–Crippen MR) is 86.0 cm³/mol. The molecule has 2 aliphatic rings. The Bertz CT molecular complexity index is 528. The molecule has 0 aliphatic carbocycles. The minimum absolute atomic E-state index is 0.0634. The van der Waals surface area contributed by atoms with Gasteiger partial charge in [0.1, 0.15) is 0 Å². The summed E-state index contributed by atoms with van der Waals surface area (Å²) in [5.74, 6) is -2.02. The number of nitrogens with two attached hydrogens (primary N) is 1. The van der Waals surface area contributed by atoms with Gasteiger partial charge < -0.3 is 5.32 Å². The van der Waals surface area contributed by atoms with Crippen molar-refractivity contribution < 1.29 is 19.7 Å². The maximum Gasteiger partial charge on any atom is 0.332 e. The molecule has 4 amide bonds. The van der Waals surface area contributed by atoms with Gasteiger partial charge in [0.2, 0.25) is 11.8 Å². The number of rotatable bonds is 2. The fraction of sp³-hybridized carbons (Fsp3) is 0.750. The Labute approximate surface area is 137 Å². The van der Waals surface area contributed by atoms with Gasteiger partial charge in [-0.1, -0.05) is 0 Å². The van der Waals surface area contributed by atoms with Gasteiger partial charge >= 0.3 is 6.03 Å². The number of hydrogen-bond donors (Lipinski definition) is 1. The van der Waals surface area contributed by atoms with E-state index in [1.54, 1.807) is 0 Å². The van der Waals surface area contributed by atoms with E-state index in [4.69, 9.17) is 0 Å². The van der Waals surface area contributed by atoms with Crippen LogP contribution in [0.4, 0.5) is 4.79 Å². The summed E-state index contributed by atoms with van der Waals surface area (Å²) in [6.45, 7) is 8.70. The number of barbiturate groups is 1. The molecule has 0 spiro atoms. The highest BCUT2D eigenvalue weighted by Gasteiger charge is 2.43. The van der Waals surface area contributed by atoms with Gasteiger partial charge in [0.05, 0.1) is 17.1 Å². The summed E-state index contributed by atoms with van der Waals surface area (Å²) in [5.41, 5.74) is 0.127. The third kappa shape index (κ3) is 3.60. The molecule has 0 aromatic heterocycles. The molecule has 2 N–H and O–H groups in total. The molecule has 2 fully saturated rings. The molecule has 0 aromatic carbocycles. The number of piperidine rings is 1. The first-order chi connectivity index (χ1) is 10.4. The van der Waals surface area contributed by atoms with Crippen molar-refractivity contribution in [3.63, 3.8) is 0 Å². The second kappa shape index (κ2) is 5.70. The first-order valence-electron chi connectivity index (χ1n) is 7.93. The normalized spacial score (nSPS) is 26.4. The Morgan fingerprint density at radius 1 is 1.00 bits per heavy atom. The molecule has 0 aromatic rings. The number of urea groups is 1. The molecule has 7 nitrogen and oxygen atoms in total. The largest absolute Gasteiger partial charge is 0.337 e. The number of quaternary nitrogens is 1. The minimum Gasteiger partial charge on any atom is -0.337 e. The molecule has 2 saturated heterocycles. The monoisotopic (exact) mass is 323 g/mol. The van der Waals surface area contributed by atoms with Gasteiger partial charge in [0.25, 0.3) is 0 Å². The van der Waals surface area contributed by atoms with Gasteiger partial charge in [0.15, 0.2) is 5.92 Å². The van der Waals surface area contributed by atoms with Gasteiger partial charge in [-0.15, -0.1) is 0 Å². The predicted octanol–water partition coefficient (Wildman–Crippen LogP) is 0.00680. The summed E-state index contributed by atoms with van der Waals surface area (Å²) in [4.78, 5) is 42.6. The van der Waals surface area contributed by atoms with E-state index in [2.05, 4.69) is 38.0 Å². The molecule has 2 heterocycles. The number of nitrogens with zero attached hydrogens (tertiary/aromatic N) is 3. The van der Waals surface area contributed by atoms with Crippen LogP contribution in [0.2, 0.25) is 0 Å². The van der Waals surface area contributed by atoms with Gasteiger partial charge in [-0.25, -0.2) is 4.79 Å². The third-order valence-corrected chi connectivity index (χ3v) is 4.52. The SMILES string of the molecule is CN1C(=O)C(C=NC2CC(C)(C)[NH2+]C(C)(C)C2)C(=O)N(C)C1=O. The van der Waals surface area contributed by atoms with Crippen molar-refractivity contribution in [2.45, 2.75) is 57.7 Å². The van der Waals surface area contributed by atoms with Crippen LogP contribution in [0.25, 0.3) is 0 Å². The van der Waals surface area contributed by atoms with Crippen molar-refractivity contribution >= 4 is 24.1 Å². The van der Waals surface area contributed by atoms with E-state index in [0.717, 1.165) is 22.6 Å². The fourth-order valence-electron chi connectivity index (χ4n) is 3.84. The number of carbonyl (C=O) groups is 3. The average Bonchev–Trinajstić information content (AvgIpc) is 2.39. The Hall–Kier alpha value is -1.76. The summed E-state index contributed by atoms with van der Waals surface area (Å²) >= 11 is 0. The minimum atomic E-state index is -1.00. The highest BCUT2D eigenvalue weighted by Crippen LogP contribution is 2.24. The summed E-state index contributed by atoms with van der Waals surface area (Å²) in [7, 11) is 2.77. The quantitative estimate of drug-likeness (QED) is 0.573. The van der Waals surface area contributed by atoms with Crippen LogP contribution in [0.5, 0.6) is 0 Å². The molecule has 23 heavy (non-hydrogen) atoms. The molecule has 0 atom stereocenters. The lowest BCUT2D eigenvalue weighted by molar-refractivity contribution is -0.787. The van der Waals surface area contributed by atoms with Crippen LogP contribution in [0.1, 0.15) is 40.5 Å². The molecule has 7 heteroatoms. The zero-order valence-corrected chi connectivity index (χ0v) is 14.8. The van der Waals surface area contributed by atoms with Crippen molar-refractivity contribution in [2.24, 2.45) is 10.9 Å². The van der Waals surface area contributed by atoms with E-state index in [9.17, 15) is 14.4 Å². The third-order valence-electron chi connectivity index (χ3n) is 4.52. The van der Waals surface area contributed by atoms with E-state index in [1.807, 2.05) is 0 Å². The first kappa shape index (κ1) is 17.6. The summed E-state index contributed by atoms with van der Waals surface area (Å²) < 4.78 is 0. The van der Waals surface area contributed by atoms with Crippen LogP contribution >= 0.6 is 0 Å². The molecule has 2 rings (SSSR count). The zero-order chi connectivity index (χ0) is 17.6. The number of hydrogen-bond acceptors (Lipinski definition) is 4. The molecule has 0 unspecified atom stereocenters. The summed E-state index contributed by atoms with van der Waals surface area (Å²) in [6.07, 6.45) is 3.20. The molecular formula is C16H27N4O3+. The van der Waals surface area contributed by atoms with Crippen LogP contribution in [-0.4, -0.2) is 65.1 Å². The number of amides is 4. The summed E-state index contributed by atoms with van der Waals surface area (Å²) in [5, 5.41) is 2.35. The second-order valence-corrected chi connectivity index (χ2v) is 8.04. The van der Waals surface area contributed by atoms with Crippen molar-refractivity contribution in [1.82, 2.24) is 9.80 Å². The van der Waals surface area contributed by atoms with E-state index in [-0.39, 0.29) is 17.1 Å². The van der Waals surface area contributed by atoms with Gasteiger partial charge in [-0.3, -0.25) is 24.4 Å². The lowest BCUT2D eigenvalue weighted by Crippen LogP contribution is -3.05. The molecule has 2 aliphatic heterocycles. The Morgan fingerprint density at radius 2 is 1.43 bits per heavy atom. The number of imide groups is 2. The van der Waals surface area contributed by atoms with E-state index >= 15 is 0 Å². The van der Waals surface area contributed by atoms with E-state index in [0.29, 0.717) is 0 Å². The number of carbonyl (C=O) groups excluding carboxylic acids is 3. The van der Waals surface area contributed by atoms with Crippen LogP contribution in [0.15, 0.2) is 4.99 Å². The highest BCUT2D eigenvalue weighted by molar-refractivity contribution is 6.23. The number of aliphatic imine (C=N–C) groups is 1. The van der Waals surface area contributed by atoms with Crippen molar-refractivity contribution in [3.8, 4) is 0 Å². The molecule has 128 valence electrons. The van der Waals surface area contributed by atoms with Gasteiger partial charge in [-0.2, -0.15) is 0 Å². The highest BCUT2D eigenvalue weighted by atomic mass is 16.2. The lowest BCUT2D eigenvalue weighted by atomic mass is 9.80. The Kier molecular flexibility index (Phi) is 4.36. The van der Waals surface area contributed by atoms with Gasteiger partial charge in [-0.05, 0) is 27.7 Å². The Balaban J connectivity index is 2.17. The van der Waals surface area contributed by atoms with Crippen LogP contribution in [-0.2, 0) is 9.59 Å². The lowest BCUT2D eigenvalue weighted by Gasteiger charge is -2.41. The maximum absolute atomic E-state index is 12.2. The molecular weight excluding hydrogens is 296 g/mol. The van der Waals surface area contributed by atoms with Crippen molar-refractivity contribution in [3.05, 3.63) is 0 Å². The van der Waals surface area contributed by atoms with Crippen LogP contribution in [0.3, 0.4) is 0 Å². The maximum atomic E-state index is 12.2. The van der Waals surface area contributed by atoms with Gasteiger partial charge in [0, 0.05) is 33.2 Å². The Morgan fingerprint density at radius 3 is 1.87 bits per heavy atom. The standard InChI is InChI=1S/C16H26N4O3/c1-15(2)7-10(8-16(3,4)18-15)17-9-11-12(21)19(5)14(23)20(6)13(11)22/h9-11,18H,7-8H2,1-6H3/p+1.